The fraction of sp³-hybridized carbons (Fsp3) is 0.120. The smallest absolute Gasteiger partial charge is 0.295 e. The number of aliphatic hydroxyl groups is 1. The van der Waals surface area contributed by atoms with Gasteiger partial charge < -0.3 is 15.0 Å². The van der Waals surface area contributed by atoms with Crippen LogP contribution >= 0.6 is 11.3 Å². The molecule has 1 fully saturated rings. The predicted octanol–water partition coefficient (Wildman–Crippen LogP) is 5.03. The van der Waals surface area contributed by atoms with E-state index < -0.39 is 23.5 Å². The van der Waals surface area contributed by atoms with Crippen LogP contribution in [0.1, 0.15) is 22.0 Å². The van der Waals surface area contributed by atoms with E-state index in [9.17, 15) is 19.1 Å². The number of likely N-dealkylation sites (tertiary alicyclic amines) is 1. The van der Waals surface area contributed by atoms with Crippen molar-refractivity contribution < 1.29 is 19.1 Å². The summed E-state index contributed by atoms with van der Waals surface area (Å²) >= 11 is 1.42. The molecule has 3 heterocycles. The number of Topliss-reactive ketones (excluding diaryl/α,β-unsaturated/α-hetero) is 1. The van der Waals surface area contributed by atoms with Gasteiger partial charge in [-0.15, -0.1) is 11.3 Å². The number of para-hydroxylation sites is 1. The summed E-state index contributed by atoms with van der Waals surface area (Å²) in [5.41, 5.74) is 2.38. The number of thiophene rings is 1. The molecule has 5 nitrogen and oxygen atoms in total. The Morgan fingerprint density at radius 1 is 1.06 bits per heavy atom. The number of halogens is 1. The SMILES string of the molecule is O=C1C(=O)N(CCc2c[nH]c3ccccc23)C(c2cccs2)/C1=C(\O)c1ccc(F)cc1. The summed E-state index contributed by atoms with van der Waals surface area (Å²) in [5.74, 6) is -2.12. The number of aliphatic hydroxyl groups excluding tert-OH is 1. The normalized spacial score (nSPS) is 18.0. The van der Waals surface area contributed by atoms with Crippen molar-refractivity contribution in [1.82, 2.24) is 9.88 Å². The van der Waals surface area contributed by atoms with Crippen LogP contribution in [-0.4, -0.2) is 33.2 Å². The second-order valence-electron chi connectivity index (χ2n) is 7.62. The molecule has 1 aliphatic heterocycles. The molecule has 0 aliphatic carbocycles. The van der Waals surface area contributed by atoms with Crippen molar-refractivity contribution in [2.24, 2.45) is 0 Å². The number of benzene rings is 2. The minimum absolute atomic E-state index is 0.0305. The van der Waals surface area contributed by atoms with Gasteiger partial charge in [0.05, 0.1) is 11.6 Å². The Balaban J connectivity index is 1.53. The highest BCUT2D eigenvalue weighted by atomic mass is 32.1. The van der Waals surface area contributed by atoms with Crippen LogP contribution in [0, 0.1) is 5.82 Å². The third-order valence-electron chi connectivity index (χ3n) is 5.77. The van der Waals surface area contributed by atoms with Crippen molar-refractivity contribution in [1.29, 1.82) is 0 Å². The van der Waals surface area contributed by atoms with Crippen molar-refractivity contribution in [3.05, 3.63) is 99.6 Å². The largest absolute Gasteiger partial charge is 0.507 e. The van der Waals surface area contributed by atoms with E-state index in [1.807, 2.05) is 48.0 Å². The first-order valence-corrected chi connectivity index (χ1v) is 11.1. The zero-order chi connectivity index (χ0) is 22.2. The van der Waals surface area contributed by atoms with Gasteiger partial charge in [0.2, 0.25) is 0 Å². The van der Waals surface area contributed by atoms with E-state index >= 15 is 0 Å². The monoisotopic (exact) mass is 446 g/mol. The molecular formula is C25H19FN2O3S. The van der Waals surface area contributed by atoms with Gasteiger partial charge in [-0.25, -0.2) is 4.39 Å². The van der Waals surface area contributed by atoms with Gasteiger partial charge in [0.1, 0.15) is 11.6 Å². The van der Waals surface area contributed by atoms with Gasteiger partial charge in [-0.05, 0) is 53.8 Å². The number of hydrogen-bond donors (Lipinski definition) is 2. The van der Waals surface area contributed by atoms with Gasteiger partial charge >= 0.3 is 0 Å². The Kier molecular flexibility index (Phi) is 5.11. The minimum Gasteiger partial charge on any atom is -0.507 e. The molecular weight excluding hydrogens is 427 g/mol. The number of nitrogens with one attached hydrogen (secondary N) is 1. The fourth-order valence-electron chi connectivity index (χ4n) is 4.20. The van der Waals surface area contributed by atoms with E-state index in [-0.39, 0.29) is 11.3 Å². The maximum Gasteiger partial charge on any atom is 0.295 e. The quantitative estimate of drug-likeness (QED) is 0.256. The maximum absolute atomic E-state index is 13.3. The predicted molar refractivity (Wildman–Crippen MR) is 122 cm³/mol. The van der Waals surface area contributed by atoms with Gasteiger partial charge in [-0.1, -0.05) is 24.3 Å². The third-order valence-corrected chi connectivity index (χ3v) is 6.69. The maximum atomic E-state index is 13.3. The molecule has 160 valence electrons. The lowest BCUT2D eigenvalue weighted by molar-refractivity contribution is -0.139. The van der Waals surface area contributed by atoms with Crippen LogP contribution in [-0.2, 0) is 16.0 Å². The van der Waals surface area contributed by atoms with E-state index in [1.165, 1.54) is 40.5 Å². The van der Waals surface area contributed by atoms with Crippen molar-refractivity contribution in [3.8, 4) is 0 Å². The molecule has 0 saturated carbocycles. The number of hydrogen-bond acceptors (Lipinski definition) is 4. The zero-order valence-corrected chi connectivity index (χ0v) is 17.7. The summed E-state index contributed by atoms with van der Waals surface area (Å²) in [7, 11) is 0. The molecule has 1 atom stereocenters. The van der Waals surface area contributed by atoms with Crippen molar-refractivity contribution in [2.45, 2.75) is 12.5 Å². The van der Waals surface area contributed by atoms with Crippen LogP contribution in [0.4, 0.5) is 4.39 Å². The van der Waals surface area contributed by atoms with Gasteiger partial charge in [-0.3, -0.25) is 9.59 Å². The molecule has 2 aromatic heterocycles. The van der Waals surface area contributed by atoms with Crippen LogP contribution < -0.4 is 0 Å². The van der Waals surface area contributed by atoms with E-state index in [2.05, 4.69) is 4.98 Å². The van der Waals surface area contributed by atoms with Gasteiger partial charge in [0, 0.05) is 34.1 Å². The molecule has 1 aliphatic rings. The number of fused-ring (bicyclic) bond motifs is 1. The Morgan fingerprint density at radius 3 is 2.59 bits per heavy atom. The van der Waals surface area contributed by atoms with Crippen LogP contribution in [0.2, 0.25) is 0 Å². The summed E-state index contributed by atoms with van der Waals surface area (Å²) in [6.45, 7) is 0.315. The number of aromatic nitrogens is 1. The van der Waals surface area contributed by atoms with Crippen LogP contribution in [0.15, 0.2) is 77.8 Å². The molecule has 2 aromatic carbocycles. The van der Waals surface area contributed by atoms with Gasteiger partial charge in [0.25, 0.3) is 11.7 Å². The lowest BCUT2D eigenvalue weighted by Crippen LogP contribution is -2.31. The number of H-pyrrole nitrogens is 1. The number of rotatable bonds is 5. The van der Waals surface area contributed by atoms with Crippen LogP contribution in [0.5, 0.6) is 0 Å². The molecule has 0 radical (unpaired) electrons. The lowest BCUT2D eigenvalue weighted by atomic mass is 9.99. The van der Waals surface area contributed by atoms with Gasteiger partial charge in [-0.2, -0.15) is 0 Å². The average Bonchev–Trinajstić information content (AvgIpc) is 3.52. The molecule has 4 aromatic rings. The summed E-state index contributed by atoms with van der Waals surface area (Å²) in [5, 5.41) is 13.9. The van der Waals surface area contributed by atoms with Crippen LogP contribution in [0.3, 0.4) is 0 Å². The number of aromatic amines is 1. The van der Waals surface area contributed by atoms with E-state index in [0.29, 0.717) is 18.5 Å². The summed E-state index contributed by atoms with van der Waals surface area (Å²) in [4.78, 5) is 31.5. The number of carbonyl (C=O) groups excluding carboxylic acids is 2. The Bertz CT molecular complexity index is 1340. The van der Waals surface area contributed by atoms with Crippen molar-refractivity contribution in [2.75, 3.05) is 6.54 Å². The number of carbonyl (C=O) groups is 2. The second-order valence-corrected chi connectivity index (χ2v) is 8.60. The number of amides is 1. The summed E-state index contributed by atoms with van der Waals surface area (Å²) in [6, 6.07) is 16.1. The molecule has 1 amide bonds. The zero-order valence-electron chi connectivity index (χ0n) is 16.9. The van der Waals surface area contributed by atoms with Gasteiger partial charge in [0.15, 0.2) is 0 Å². The molecule has 5 rings (SSSR count). The molecule has 2 N–H and O–H groups in total. The van der Waals surface area contributed by atoms with Crippen LogP contribution in [0.25, 0.3) is 16.7 Å². The summed E-state index contributed by atoms with van der Waals surface area (Å²) in [6.07, 6.45) is 2.47. The van der Waals surface area contributed by atoms with E-state index in [0.717, 1.165) is 21.3 Å². The minimum atomic E-state index is -0.732. The first-order valence-electron chi connectivity index (χ1n) is 10.2. The number of ketones is 1. The topological polar surface area (TPSA) is 73.4 Å². The summed E-state index contributed by atoms with van der Waals surface area (Å²) < 4.78 is 13.3. The molecule has 32 heavy (non-hydrogen) atoms. The highest BCUT2D eigenvalue weighted by molar-refractivity contribution is 7.10. The van der Waals surface area contributed by atoms with E-state index in [4.69, 9.17) is 0 Å². The highest BCUT2D eigenvalue weighted by Crippen LogP contribution is 2.41. The Labute approximate surface area is 187 Å². The first kappa shape index (κ1) is 20.2. The van der Waals surface area contributed by atoms with Crippen molar-refractivity contribution >= 4 is 39.7 Å². The molecule has 1 unspecified atom stereocenters. The molecule has 0 spiro atoms. The third kappa shape index (κ3) is 3.40. The lowest BCUT2D eigenvalue weighted by Gasteiger charge is -2.24. The standard InChI is InChI=1S/C25H19FN2O3S/c26-17-9-7-15(8-10-17)23(29)21-22(20-6-3-13-32-20)28(25(31)24(21)30)12-11-16-14-27-19-5-2-1-4-18(16)19/h1-10,13-14,22,27,29H,11-12H2/b23-21+. The number of nitrogens with zero attached hydrogens (tertiary/aromatic N) is 1. The molecule has 7 heteroatoms. The van der Waals surface area contributed by atoms with E-state index in [1.54, 1.807) is 0 Å². The first-order chi connectivity index (χ1) is 15.5. The second kappa shape index (κ2) is 8.09. The molecule has 1 saturated heterocycles. The molecule has 0 bridgehead atoms. The Morgan fingerprint density at radius 2 is 1.84 bits per heavy atom. The average molecular weight is 447 g/mol. The Hall–Kier alpha value is -3.71. The fourth-order valence-corrected chi connectivity index (χ4v) is 5.04. The van der Waals surface area contributed by atoms with Crippen molar-refractivity contribution in [3.63, 3.8) is 0 Å². The highest BCUT2D eigenvalue weighted by Gasteiger charge is 2.46.